The van der Waals surface area contributed by atoms with E-state index in [1.807, 2.05) is 13.8 Å². The molecule has 0 radical (unpaired) electrons. The van der Waals surface area contributed by atoms with Crippen molar-refractivity contribution in [1.82, 2.24) is 10.2 Å². The molecule has 2 amide bonds. The van der Waals surface area contributed by atoms with Crippen molar-refractivity contribution in [3.8, 4) is 6.07 Å². The summed E-state index contributed by atoms with van der Waals surface area (Å²) in [5, 5.41) is 11.8. The molecule has 4 aliphatic rings. The fourth-order valence-electron chi connectivity index (χ4n) is 5.76. The quantitative estimate of drug-likeness (QED) is 0.804. The van der Waals surface area contributed by atoms with Gasteiger partial charge in [0.05, 0.1) is 12.5 Å². The van der Waals surface area contributed by atoms with Crippen molar-refractivity contribution in [1.29, 1.82) is 5.26 Å². The summed E-state index contributed by atoms with van der Waals surface area (Å²) in [5.41, 5.74) is -0.229. The lowest BCUT2D eigenvalue weighted by atomic mass is 9.49. The molecule has 4 saturated carbocycles. The molecule has 1 N–H and O–H groups in total. The maximum absolute atomic E-state index is 13.2. The van der Waals surface area contributed by atoms with Crippen LogP contribution in [0, 0.1) is 40.4 Å². The maximum atomic E-state index is 13.2. The van der Waals surface area contributed by atoms with E-state index >= 15 is 0 Å². The Morgan fingerprint density at radius 3 is 2.12 bits per heavy atom. The summed E-state index contributed by atoms with van der Waals surface area (Å²) in [6.07, 6.45) is 7.24. The second kappa shape index (κ2) is 6.97. The first-order chi connectivity index (χ1) is 11.8. The Morgan fingerprint density at radius 1 is 1.16 bits per heavy atom. The van der Waals surface area contributed by atoms with Crippen LogP contribution in [0.1, 0.15) is 58.8 Å². The van der Waals surface area contributed by atoms with Crippen LogP contribution in [-0.2, 0) is 9.59 Å². The second-order valence-electron chi connectivity index (χ2n) is 9.06. The number of likely N-dealkylation sites (N-methyl/N-ethyl adjacent to an activating group) is 1. The summed E-state index contributed by atoms with van der Waals surface area (Å²) >= 11 is 0. The van der Waals surface area contributed by atoms with Crippen molar-refractivity contribution in [3.05, 3.63) is 0 Å². The molecule has 0 aromatic heterocycles. The fourth-order valence-corrected chi connectivity index (χ4v) is 5.76. The van der Waals surface area contributed by atoms with Crippen molar-refractivity contribution >= 4 is 11.8 Å². The smallest absolute Gasteiger partial charge is 0.245 e. The highest BCUT2D eigenvalue weighted by atomic mass is 16.2. The molecule has 25 heavy (non-hydrogen) atoms. The molecular weight excluding hydrogens is 314 g/mol. The third-order valence-electron chi connectivity index (χ3n) is 6.67. The summed E-state index contributed by atoms with van der Waals surface area (Å²) in [6.45, 7) is 4.35. The van der Waals surface area contributed by atoms with Gasteiger partial charge in [0, 0.05) is 19.0 Å². The molecule has 4 bridgehead atoms. The van der Waals surface area contributed by atoms with Gasteiger partial charge in [-0.25, -0.2) is 0 Å². The largest absolute Gasteiger partial charge is 0.344 e. The normalized spacial score (nSPS) is 33.8. The second-order valence-corrected chi connectivity index (χ2v) is 9.06. The Labute approximate surface area is 151 Å². The Hall–Kier alpha value is -1.57. The van der Waals surface area contributed by atoms with Gasteiger partial charge in [0.25, 0.3) is 0 Å². The van der Waals surface area contributed by atoms with Crippen LogP contribution in [0.2, 0.25) is 0 Å². The molecule has 0 aromatic rings. The van der Waals surface area contributed by atoms with Crippen LogP contribution in [-0.4, -0.2) is 36.3 Å². The van der Waals surface area contributed by atoms with E-state index in [4.69, 9.17) is 5.26 Å². The zero-order chi connectivity index (χ0) is 18.2. The highest BCUT2D eigenvalue weighted by Gasteiger charge is 2.55. The topological polar surface area (TPSA) is 73.2 Å². The van der Waals surface area contributed by atoms with Crippen molar-refractivity contribution in [2.24, 2.45) is 29.1 Å². The molecular formula is C20H31N3O2. The van der Waals surface area contributed by atoms with Gasteiger partial charge in [0.1, 0.15) is 6.04 Å². The highest BCUT2D eigenvalue weighted by Crippen LogP contribution is 2.60. The predicted molar refractivity (Wildman–Crippen MR) is 95.2 cm³/mol. The number of nitriles is 1. The van der Waals surface area contributed by atoms with Crippen LogP contribution in [0.15, 0.2) is 0 Å². The summed E-state index contributed by atoms with van der Waals surface area (Å²) in [5.74, 6) is 2.20. The predicted octanol–water partition coefficient (Wildman–Crippen LogP) is 2.72. The molecule has 138 valence electrons. The van der Waals surface area contributed by atoms with Gasteiger partial charge in [-0.2, -0.15) is 5.26 Å². The lowest BCUT2D eigenvalue weighted by Gasteiger charge is -2.56. The van der Waals surface area contributed by atoms with Crippen molar-refractivity contribution < 1.29 is 9.59 Å². The van der Waals surface area contributed by atoms with E-state index in [0.717, 1.165) is 19.3 Å². The van der Waals surface area contributed by atoms with E-state index in [2.05, 4.69) is 11.4 Å². The number of rotatable bonds is 6. The van der Waals surface area contributed by atoms with Gasteiger partial charge in [-0.05, 0) is 62.2 Å². The van der Waals surface area contributed by atoms with Gasteiger partial charge in [-0.1, -0.05) is 13.8 Å². The summed E-state index contributed by atoms with van der Waals surface area (Å²) < 4.78 is 0. The van der Waals surface area contributed by atoms with Gasteiger partial charge in [0.2, 0.25) is 11.8 Å². The third-order valence-corrected chi connectivity index (χ3v) is 6.67. The van der Waals surface area contributed by atoms with Crippen LogP contribution in [0.4, 0.5) is 0 Å². The van der Waals surface area contributed by atoms with Gasteiger partial charge >= 0.3 is 0 Å². The first kappa shape index (κ1) is 18.2. The van der Waals surface area contributed by atoms with E-state index < -0.39 is 6.04 Å². The molecule has 0 aromatic carbocycles. The standard InChI is InChI=1S/C20H31N3O2/c1-13(2)17(18(24)23(3)6-4-5-21)22-19(25)20-10-14-7-15(11-20)9-16(8-14)12-20/h13-17H,4,6-12H2,1-3H3,(H,22,25). The number of hydrogen-bond donors (Lipinski definition) is 1. The molecule has 0 heterocycles. The number of nitrogens with zero attached hydrogens (tertiary/aromatic N) is 2. The van der Waals surface area contributed by atoms with Gasteiger partial charge in [0.15, 0.2) is 0 Å². The maximum Gasteiger partial charge on any atom is 0.245 e. The van der Waals surface area contributed by atoms with E-state index in [-0.39, 0.29) is 23.1 Å². The summed E-state index contributed by atoms with van der Waals surface area (Å²) in [7, 11) is 1.71. The number of carbonyl (C=O) groups excluding carboxylic acids is 2. The van der Waals surface area contributed by atoms with E-state index in [9.17, 15) is 9.59 Å². The van der Waals surface area contributed by atoms with Crippen molar-refractivity contribution in [2.45, 2.75) is 64.8 Å². The van der Waals surface area contributed by atoms with Crippen LogP contribution in [0.25, 0.3) is 0 Å². The van der Waals surface area contributed by atoms with Crippen LogP contribution in [0.3, 0.4) is 0 Å². The minimum absolute atomic E-state index is 0.0369. The molecule has 4 aliphatic carbocycles. The Morgan fingerprint density at radius 2 is 1.68 bits per heavy atom. The molecule has 0 spiro atoms. The molecule has 0 saturated heterocycles. The zero-order valence-electron chi connectivity index (χ0n) is 15.8. The number of nitrogens with one attached hydrogen (secondary N) is 1. The SMILES string of the molecule is CC(C)C(NC(=O)C12CC3CC(CC(C3)C1)C2)C(=O)N(C)CCC#N. The minimum atomic E-state index is -0.496. The summed E-state index contributed by atoms with van der Waals surface area (Å²) in [4.78, 5) is 27.6. The monoisotopic (exact) mass is 345 g/mol. The first-order valence-corrected chi connectivity index (χ1v) is 9.77. The molecule has 1 unspecified atom stereocenters. The lowest BCUT2D eigenvalue weighted by Crippen LogP contribution is -2.58. The van der Waals surface area contributed by atoms with E-state index in [1.165, 1.54) is 19.3 Å². The number of hydrogen-bond acceptors (Lipinski definition) is 3. The van der Waals surface area contributed by atoms with Crippen molar-refractivity contribution in [3.63, 3.8) is 0 Å². The van der Waals surface area contributed by atoms with Gasteiger partial charge < -0.3 is 10.2 Å². The molecule has 5 nitrogen and oxygen atoms in total. The average Bonchev–Trinajstić information content (AvgIpc) is 2.55. The Kier molecular flexibility index (Phi) is 5.09. The number of carbonyl (C=O) groups is 2. The van der Waals surface area contributed by atoms with Gasteiger partial charge in [-0.15, -0.1) is 0 Å². The molecule has 1 atom stereocenters. The Bertz CT molecular complexity index is 543. The lowest BCUT2D eigenvalue weighted by molar-refractivity contribution is -0.150. The van der Waals surface area contributed by atoms with E-state index in [1.54, 1.807) is 11.9 Å². The van der Waals surface area contributed by atoms with E-state index in [0.29, 0.717) is 30.7 Å². The van der Waals surface area contributed by atoms with Crippen molar-refractivity contribution in [2.75, 3.05) is 13.6 Å². The zero-order valence-corrected chi connectivity index (χ0v) is 15.8. The molecule has 4 fully saturated rings. The average molecular weight is 345 g/mol. The van der Waals surface area contributed by atoms with Crippen LogP contribution in [0.5, 0.6) is 0 Å². The molecule has 5 heteroatoms. The highest BCUT2D eigenvalue weighted by molar-refractivity contribution is 5.90. The fraction of sp³-hybridized carbons (Fsp3) is 0.850. The number of amides is 2. The van der Waals surface area contributed by atoms with Crippen LogP contribution >= 0.6 is 0 Å². The Balaban J connectivity index is 1.69. The third kappa shape index (κ3) is 3.54. The first-order valence-electron chi connectivity index (χ1n) is 9.77. The van der Waals surface area contributed by atoms with Crippen LogP contribution < -0.4 is 5.32 Å². The molecule has 4 rings (SSSR count). The molecule has 0 aliphatic heterocycles. The summed E-state index contributed by atoms with van der Waals surface area (Å²) in [6, 6.07) is 1.57. The minimum Gasteiger partial charge on any atom is -0.344 e. The van der Waals surface area contributed by atoms with Gasteiger partial charge in [-0.3, -0.25) is 9.59 Å².